The van der Waals surface area contributed by atoms with Gasteiger partial charge in [-0.3, -0.25) is 15.5 Å². The molecule has 2 aliphatic heterocycles. The summed E-state index contributed by atoms with van der Waals surface area (Å²) in [6.45, 7) is 3.05. The number of hydrogen-bond donors (Lipinski definition) is 2. The first kappa shape index (κ1) is 13.6. The molecule has 2 atom stereocenters. The third-order valence-electron chi connectivity index (χ3n) is 5.04. The van der Waals surface area contributed by atoms with E-state index in [1.165, 1.54) is 11.1 Å². The number of nitrogens with zero attached hydrogens (tertiary/aromatic N) is 1. The molecule has 4 heteroatoms. The highest BCUT2D eigenvalue weighted by molar-refractivity contribution is 6.01. The zero-order valence-corrected chi connectivity index (χ0v) is 12.7. The Balaban J connectivity index is 1.85. The second-order valence-electron chi connectivity index (χ2n) is 6.54. The van der Waals surface area contributed by atoms with Gasteiger partial charge in [0.25, 0.3) is 0 Å². The lowest BCUT2D eigenvalue weighted by Crippen LogP contribution is -2.41. The highest BCUT2D eigenvalue weighted by Gasteiger charge is 2.38. The summed E-state index contributed by atoms with van der Waals surface area (Å²) in [5.41, 5.74) is 7.27. The largest absolute Gasteiger partial charge is 0.363 e. The molecule has 0 aromatic heterocycles. The number of hydrogen-bond acceptors (Lipinski definition) is 4. The first-order chi connectivity index (χ1) is 10.7. The first-order valence-corrected chi connectivity index (χ1v) is 7.92. The number of nitrogens with one attached hydrogen (secondary N) is 1. The predicted octanol–water partition coefficient (Wildman–Crippen LogP) is 2.72. The van der Waals surface area contributed by atoms with E-state index in [-0.39, 0.29) is 11.8 Å². The van der Waals surface area contributed by atoms with Crippen LogP contribution in [-0.2, 0) is 11.2 Å². The summed E-state index contributed by atoms with van der Waals surface area (Å²) in [6.07, 6.45) is 4.46. The molecule has 1 aliphatic carbocycles. The average Bonchev–Trinajstić information content (AvgIpc) is 2.53. The van der Waals surface area contributed by atoms with E-state index in [0.29, 0.717) is 23.6 Å². The van der Waals surface area contributed by atoms with Crippen LogP contribution in [0.4, 0.5) is 0 Å². The van der Waals surface area contributed by atoms with E-state index < -0.39 is 0 Å². The molecule has 22 heavy (non-hydrogen) atoms. The first-order valence-electron chi connectivity index (χ1n) is 7.92. The van der Waals surface area contributed by atoms with Crippen molar-refractivity contribution in [3.05, 3.63) is 58.4 Å². The Labute approximate surface area is 130 Å². The molecule has 3 aliphatic rings. The van der Waals surface area contributed by atoms with Crippen LogP contribution < -0.4 is 5.48 Å². The fraction of sp³-hybridized carbons (Fsp3) is 0.389. The second kappa shape index (κ2) is 4.99. The Morgan fingerprint density at radius 1 is 1.27 bits per heavy atom. The maximum absolute atomic E-state index is 12.5. The van der Waals surface area contributed by atoms with E-state index >= 15 is 0 Å². The van der Waals surface area contributed by atoms with Crippen LogP contribution in [0.1, 0.15) is 36.9 Å². The smallest absolute Gasteiger partial charge is 0.167 e. The summed E-state index contributed by atoms with van der Waals surface area (Å²) < 4.78 is 0. The van der Waals surface area contributed by atoms with Gasteiger partial charge in [-0.15, -0.1) is 0 Å². The summed E-state index contributed by atoms with van der Waals surface area (Å²) in [7, 11) is 0. The fourth-order valence-electron chi connectivity index (χ4n) is 4.07. The lowest BCUT2D eigenvalue weighted by atomic mass is 9.80. The minimum atomic E-state index is 0.108. The molecule has 0 spiro atoms. The van der Waals surface area contributed by atoms with E-state index in [0.717, 1.165) is 25.1 Å². The van der Waals surface area contributed by atoms with Crippen molar-refractivity contribution in [3.8, 4) is 0 Å². The van der Waals surface area contributed by atoms with Crippen molar-refractivity contribution < 1.29 is 10.0 Å². The van der Waals surface area contributed by atoms with Gasteiger partial charge in [-0.05, 0) is 36.0 Å². The van der Waals surface area contributed by atoms with Crippen LogP contribution in [-0.4, -0.2) is 22.4 Å². The lowest BCUT2D eigenvalue weighted by molar-refractivity contribution is -0.117. The highest BCUT2D eigenvalue weighted by atomic mass is 16.5. The Bertz CT molecular complexity index is 705. The summed E-state index contributed by atoms with van der Waals surface area (Å²) in [5, 5.41) is 9.53. The maximum atomic E-state index is 12.5. The Hall–Kier alpha value is -2.07. The Morgan fingerprint density at radius 3 is 2.91 bits per heavy atom. The molecular weight excluding hydrogens is 276 g/mol. The predicted molar refractivity (Wildman–Crippen MR) is 83.0 cm³/mol. The zero-order valence-electron chi connectivity index (χ0n) is 12.7. The van der Waals surface area contributed by atoms with Gasteiger partial charge in [0.05, 0.1) is 17.3 Å². The Kier molecular flexibility index (Phi) is 3.08. The van der Waals surface area contributed by atoms with Gasteiger partial charge >= 0.3 is 0 Å². The van der Waals surface area contributed by atoms with Crippen molar-refractivity contribution >= 4 is 5.78 Å². The van der Waals surface area contributed by atoms with E-state index in [2.05, 4.69) is 41.6 Å². The van der Waals surface area contributed by atoms with Gasteiger partial charge in [-0.1, -0.05) is 31.2 Å². The molecule has 0 saturated heterocycles. The number of rotatable bonds is 1. The number of ketones is 1. The summed E-state index contributed by atoms with van der Waals surface area (Å²) in [5.74, 6) is 0.501. The third-order valence-corrected chi connectivity index (χ3v) is 5.04. The average molecular weight is 296 g/mol. The molecule has 0 radical (unpaired) electrons. The number of allylic oxidation sites excluding steroid dienone is 2. The van der Waals surface area contributed by atoms with Crippen molar-refractivity contribution in [1.82, 2.24) is 10.4 Å². The van der Waals surface area contributed by atoms with Crippen LogP contribution in [0.3, 0.4) is 0 Å². The van der Waals surface area contributed by atoms with Crippen LogP contribution in [0.25, 0.3) is 0 Å². The topological polar surface area (TPSA) is 52.6 Å². The maximum Gasteiger partial charge on any atom is 0.167 e. The van der Waals surface area contributed by atoms with E-state index in [1.807, 2.05) is 6.08 Å². The molecule has 114 valence electrons. The van der Waals surface area contributed by atoms with Crippen LogP contribution in [0, 0.1) is 5.92 Å². The molecule has 4 rings (SSSR count). The quantitative estimate of drug-likeness (QED) is 0.782. The molecular formula is C18H20N2O2. The second-order valence-corrected chi connectivity index (χ2v) is 6.54. The zero-order chi connectivity index (χ0) is 15.3. The molecule has 0 bridgehead atoms. The molecule has 2 N–H and O–H groups in total. The summed E-state index contributed by atoms with van der Waals surface area (Å²) >= 11 is 0. The van der Waals surface area contributed by atoms with Crippen molar-refractivity contribution in [2.24, 2.45) is 5.92 Å². The summed E-state index contributed by atoms with van der Waals surface area (Å²) in [4.78, 5) is 14.8. The standard InChI is InChI=1S/C18H20N2O2/c1-11-8-16-18(17(21)9-11)14(19-22)10-15-13-5-3-2-4-12(13)6-7-20(15)16/h2-5,10-11,15,19,22H,6-9H2,1H3/t11-,15+/m1/s1. The summed E-state index contributed by atoms with van der Waals surface area (Å²) in [6, 6.07) is 8.56. The van der Waals surface area contributed by atoms with Gasteiger partial charge in [0, 0.05) is 18.7 Å². The minimum Gasteiger partial charge on any atom is -0.363 e. The van der Waals surface area contributed by atoms with Crippen molar-refractivity contribution in [2.45, 2.75) is 32.2 Å². The molecule has 0 amide bonds. The number of hydroxylamine groups is 1. The minimum absolute atomic E-state index is 0.108. The van der Waals surface area contributed by atoms with Gasteiger partial charge < -0.3 is 4.90 Å². The van der Waals surface area contributed by atoms with Crippen molar-refractivity contribution in [1.29, 1.82) is 0 Å². The third kappa shape index (κ3) is 1.91. The molecule has 2 heterocycles. The van der Waals surface area contributed by atoms with Gasteiger partial charge in [0.15, 0.2) is 5.78 Å². The number of carbonyl (C=O) groups is 1. The van der Waals surface area contributed by atoms with Gasteiger partial charge in [0.2, 0.25) is 0 Å². The SMILES string of the molecule is C[C@H]1CC(=O)C2=C(C1)N1CCc3ccccc3[C@@H]1C=C2NO. The molecule has 4 nitrogen and oxygen atoms in total. The normalized spacial score (nSPS) is 26.9. The van der Waals surface area contributed by atoms with Crippen LogP contribution >= 0.6 is 0 Å². The molecule has 0 fully saturated rings. The number of benzene rings is 1. The molecule has 0 saturated carbocycles. The molecule has 0 unspecified atom stereocenters. The lowest BCUT2D eigenvalue weighted by Gasteiger charge is -2.45. The fourth-order valence-corrected chi connectivity index (χ4v) is 4.07. The van der Waals surface area contributed by atoms with E-state index in [9.17, 15) is 10.0 Å². The number of fused-ring (bicyclic) bond motifs is 4. The Morgan fingerprint density at radius 2 is 2.09 bits per heavy atom. The van der Waals surface area contributed by atoms with Gasteiger partial charge in [-0.25, -0.2) is 0 Å². The highest BCUT2D eigenvalue weighted by Crippen LogP contribution is 2.43. The monoisotopic (exact) mass is 296 g/mol. The van der Waals surface area contributed by atoms with E-state index in [1.54, 1.807) is 0 Å². The van der Waals surface area contributed by atoms with Gasteiger partial charge in [-0.2, -0.15) is 0 Å². The molecule has 1 aromatic rings. The van der Waals surface area contributed by atoms with Crippen molar-refractivity contribution in [3.63, 3.8) is 0 Å². The number of Topliss-reactive ketones (excluding diaryl/α,β-unsaturated/α-hetero) is 1. The van der Waals surface area contributed by atoms with Crippen LogP contribution in [0.5, 0.6) is 0 Å². The molecule has 1 aromatic carbocycles. The number of carbonyl (C=O) groups excluding carboxylic acids is 1. The van der Waals surface area contributed by atoms with Crippen LogP contribution in [0.15, 0.2) is 47.3 Å². The van der Waals surface area contributed by atoms with Crippen LogP contribution in [0.2, 0.25) is 0 Å². The van der Waals surface area contributed by atoms with E-state index in [4.69, 9.17) is 0 Å². The van der Waals surface area contributed by atoms with Crippen molar-refractivity contribution in [2.75, 3.05) is 6.54 Å². The van der Waals surface area contributed by atoms with Gasteiger partial charge in [0.1, 0.15) is 0 Å².